The molecule has 0 saturated heterocycles. The number of rotatable bonds is 6. The molecule has 2 heterocycles. The summed E-state index contributed by atoms with van der Waals surface area (Å²) in [6, 6.07) is 15.5. The number of esters is 2. The van der Waals surface area contributed by atoms with Gasteiger partial charge in [-0.15, -0.1) is 5.10 Å². The van der Waals surface area contributed by atoms with Gasteiger partial charge in [0, 0.05) is 22.6 Å². The first-order chi connectivity index (χ1) is 15.5. The summed E-state index contributed by atoms with van der Waals surface area (Å²) in [7, 11) is 1.37. The van der Waals surface area contributed by atoms with E-state index in [9.17, 15) is 9.59 Å². The molecule has 0 bridgehead atoms. The Balaban J connectivity index is 1.41. The van der Waals surface area contributed by atoms with Gasteiger partial charge in [0.2, 0.25) is 0 Å². The molecular weight excluding hydrogens is 408 g/mol. The zero-order chi connectivity index (χ0) is 22.2. The van der Waals surface area contributed by atoms with Gasteiger partial charge >= 0.3 is 11.9 Å². The molecule has 2 aromatic carbocycles. The van der Waals surface area contributed by atoms with Gasteiger partial charge in [0.05, 0.1) is 25.4 Å². The Morgan fingerprint density at radius 1 is 1.09 bits per heavy atom. The molecule has 5 rings (SSSR count). The minimum atomic E-state index is -0.610. The second-order valence-corrected chi connectivity index (χ2v) is 7.91. The molecule has 0 N–H and O–H groups in total. The summed E-state index contributed by atoms with van der Waals surface area (Å²) in [4.78, 5) is 25.1. The van der Waals surface area contributed by atoms with Gasteiger partial charge in [0.15, 0.2) is 5.69 Å². The smallest absolute Gasteiger partial charge is 0.365 e. The lowest BCUT2D eigenvalue weighted by Gasteiger charge is -2.06. The lowest BCUT2D eigenvalue weighted by molar-refractivity contribution is 0.0601. The van der Waals surface area contributed by atoms with E-state index in [1.807, 2.05) is 43.3 Å². The maximum absolute atomic E-state index is 12.6. The van der Waals surface area contributed by atoms with E-state index in [1.165, 1.54) is 7.11 Å². The van der Waals surface area contributed by atoms with Gasteiger partial charge < -0.3 is 14.0 Å². The summed E-state index contributed by atoms with van der Waals surface area (Å²) < 4.78 is 14.3. The Labute approximate surface area is 184 Å². The Bertz CT molecular complexity index is 1320. The summed E-state index contributed by atoms with van der Waals surface area (Å²) >= 11 is 0. The first-order valence-electron chi connectivity index (χ1n) is 10.4. The van der Waals surface area contributed by atoms with Gasteiger partial charge in [-0.2, -0.15) is 0 Å². The lowest BCUT2D eigenvalue weighted by atomic mass is 10.1. The van der Waals surface area contributed by atoms with E-state index in [-0.39, 0.29) is 5.69 Å². The minimum Gasteiger partial charge on any atom is -0.465 e. The molecular formula is C24H22N4O4. The quantitative estimate of drug-likeness (QED) is 0.340. The van der Waals surface area contributed by atoms with E-state index in [4.69, 9.17) is 9.47 Å². The second-order valence-electron chi connectivity index (χ2n) is 7.91. The van der Waals surface area contributed by atoms with E-state index in [2.05, 4.69) is 14.9 Å². The number of nitrogens with zero attached hydrogens (tertiary/aromatic N) is 4. The van der Waals surface area contributed by atoms with Crippen molar-refractivity contribution >= 4 is 22.8 Å². The number of benzene rings is 2. The van der Waals surface area contributed by atoms with E-state index >= 15 is 0 Å². The molecule has 2 aromatic heterocycles. The fourth-order valence-electron chi connectivity index (χ4n) is 4.05. The van der Waals surface area contributed by atoms with Crippen LogP contribution in [0.5, 0.6) is 5.75 Å². The molecule has 0 aliphatic heterocycles. The van der Waals surface area contributed by atoms with Gasteiger partial charge in [0.1, 0.15) is 5.75 Å². The molecule has 162 valence electrons. The second kappa shape index (κ2) is 7.96. The predicted octanol–water partition coefficient (Wildman–Crippen LogP) is 3.93. The van der Waals surface area contributed by atoms with Crippen molar-refractivity contribution in [2.45, 2.75) is 32.4 Å². The average molecular weight is 430 g/mol. The minimum absolute atomic E-state index is 0.112. The largest absolute Gasteiger partial charge is 0.465 e. The van der Waals surface area contributed by atoms with Crippen LogP contribution in [0.3, 0.4) is 0 Å². The van der Waals surface area contributed by atoms with Gasteiger partial charge in [0.25, 0.3) is 0 Å². The lowest BCUT2D eigenvalue weighted by Crippen LogP contribution is -2.09. The molecule has 4 aromatic rings. The summed E-state index contributed by atoms with van der Waals surface area (Å²) in [5, 5.41) is 8.66. The van der Waals surface area contributed by atoms with E-state index in [0.29, 0.717) is 29.3 Å². The third-order valence-electron chi connectivity index (χ3n) is 5.67. The molecule has 8 heteroatoms. The van der Waals surface area contributed by atoms with Crippen molar-refractivity contribution in [2.75, 3.05) is 7.11 Å². The van der Waals surface area contributed by atoms with Crippen LogP contribution in [0.25, 0.3) is 10.9 Å². The molecule has 0 atom stereocenters. The van der Waals surface area contributed by atoms with Crippen molar-refractivity contribution in [2.24, 2.45) is 0 Å². The van der Waals surface area contributed by atoms with Crippen LogP contribution in [0, 0.1) is 6.92 Å². The molecule has 32 heavy (non-hydrogen) atoms. The molecule has 1 fully saturated rings. The number of hydrogen-bond acceptors (Lipinski definition) is 6. The number of hydrogen-bond donors (Lipinski definition) is 0. The normalized spacial score (nSPS) is 13.3. The first kappa shape index (κ1) is 20.0. The van der Waals surface area contributed by atoms with Gasteiger partial charge in [-0.1, -0.05) is 35.5 Å². The van der Waals surface area contributed by atoms with Crippen LogP contribution in [0.15, 0.2) is 54.7 Å². The maximum atomic E-state index is 12.6. The predicted molar refractivity (Wildman–Crippen MR) is 117 cm³/mol. The average Bonchev–Trinajstić information content (AvgIpc) is 3.45. The van der Waals surface area contributed by atoms with Gasteiger partial charge in [-0.05, 0) is 43.5 Å². The van der Waals surface area contributed by atoms with Crippen LogP contribution in [0.4, 0.5) is 0 Å². The molecule has 1 aliphatic rings. The molecule has 0 spiro atoms. The number of methoxy groups -OCH3 is 1. The fraction of sp³-hybridized carbons (Fsp3) is 0.250. The third-order valence-corrected chi connectivity index (χ3v) is 5.67. The Morgan fingerprint density at radius 2 is 1.88 bits per heavy atom. The monoisotopic (exact) mass is 430 g/mol. The number of ether oxygens (including phenoxy) is 2. The van der Waals surface area contributed by atoms with E-state index in [1.54, 1.807) is 23.0 Å². The summed E-state index contributed by atoms with van der Waals surface area (Å²) in [6.45, 7) is 2.42. The van der Waals surface area contributed by atoms with E-state index in [0.717, 1.165) is 29.6 Å². The Morgan fingerprint density at radius 3 is 2.59 bits per heavy atom. The number of carbonyl (C=O) groups is 2. The number of fused-ring (bicyclic) bond motifs is 1. The fourth-order valence-corrected chi connectivity index (χ4v) is 4.05. The zero-order valence-electron chi connectivity index (χ0n) is 17.8. The molecule has 0 radical (unpaired) electrons. The van der Waals surface area contributed by atoms with Crippen LogP contribution in [-0.4, -0.2) is 38.6 Å². The van der Waals surface area contributed by atoms with Crippen LogP contribution in [0.1, 0.15) is 51.0 Å². The van der Waals surface area contributed by atoms with Crippen molar-refractivity contribution in [1.29, 1.82) is 0 Å². The summed E-state index contributed by atoms with van der Waals surface area (Å²) in [5.41, 5.74) is 3.45. The van der Waals surface area contributed by atoms with Crippen LogP contribution in [-0.2, 0) is 11.3 Å². The number of aromatic nitrogens is 4. The highest BCUT2D eigenvalue weighted by atomic mass is 16.5. The van der Waals surface area contributed by atoms with Crippen molar-refractivity contribution in [1.82, 2.24) is 19.6 Å². The highest BCUT2D eigenvalue weighted by molar-refractivity contribution is 6.06. The highest BCUT2D eigenvalue weighted by Gasteiger charge is 2.30. The van der Waals surface area contributed by atoms with Crippen molar-refractivity contribution in [3.63, 3.8) is 0 Å². The molecule has 0 amide bonds. The summed E-state index contributed by atoms with van der Waals surface area (Å²) in [5.74, 6) is -0.681. The van der Waals surface area contributed by atoms with Gasteiger partial charge in [-0.25, -0.2) is 14.3 Å². The highest BCUT2D eigenvalue weighted by Crippen LogP contribution is 2.42. The van der Waals surface area contributed by atoms with Crippen LogP contribution >= 0.6 is 0 Å². The SMILES string of the molecule is COC(=O)c1c(C)n(C2CC2)c2ccc(OC(=O)c3cn(Cc4ccccc4)nn3)cc12. The van der Waals surface area contributed by atoms with Crippen LogP contribution < -0.4 is 4.74 Å². The van der Waals surface area contributed by atoms with Gasteiger partial charge in [-0.3, -0.25) is 0 Å². The first-order valence-corrected chi connectivity index (χ1v) is 10.4. The maximum Gasteiger partial charge on any atom is 0.365 e. The number of carbonyl (C=O) groups excluding carboxylic acids is 2. The van der Waals surface area contributed by atoms with Crippen molar-refractivity contribution in [3.8, 4) is 5.75 Å². The standard InChI is InChI=1S/C24H22N4O4/c1-15-22(24(30)31-2)19-12-18(10-11-21(19)28(15)17-8-9-17)32-23(29)20-14-27(26-25-20)13-16-6-4-3-5-7-16/h3-7,10-12,14,17H,8-9,13H2,1-2H3. The Kier molecular flexibility index (Phi) is 4.97. The molecule has 1 aliphatic carbocycles. The molecule has 0 unspecified atom stereocenters. The van der Waals surface area contributed by atoms with Crippen molar-refractivity contribution in [3.05, 3.63) is 77.2 Å². The molecule has 8 nitrogen and oxygen atoms in total. The zero-order valence-corrected chi connectivity index (χ0v) is 17.8. The van der Waals surface area contributed by atoms with Crippen LogP contribution in [0.2, 0.25) is 0 Å². The topological polar surface area (TPSA) is 88.2 Å². The molecule has 1 saturated carbocycles. The van der Waals surface area contributed by atoms with Crippen molar-refractivity contribution < 1.29 is 19.1 Å². The van der Waals surface area contributed by atoms with E-state index < -0.39 is 11.9 Å². The third kappa shape index (κ3) is 3.64. The Hall–Kier alpha value is -3.94. The summed E-state index contributed by atoms with van der Waals surface area (Å²) in [6.07, 6.45) is 3.72.